The van der Waals surface area contributed by atoms with Crippen LogP contribution >= 0.6 is 11.3 Å². The highest BCUT2D eigenvalue weighted by Crippen LogP contribution is 2.14. The Balaban J connectivity index is 1.75. The predicted molar refractivity (Wildman–Crippen MR) is 96.0 cm³/mol. The fourth-order valence-electron chi connectivity index (χ4n) is 2.39. The fourth-order valence-corrected chi connectivity index (χ4v) is 3.35. The number of rotatable bonds is 6. The lowest BCUT2D eigenvalue weighted by atomic mass is 10.1. The van der Waals surface area contributed by atoms with Gasteiger partial charge < -0.3 is 4.74 Å². The first kappa shape index (κ1) is 17.3. The average Bonchev–Trinajstić information content (AvgIpc) is 3.01. The Bertz CT molecular complexity index is 962. The van der Waals surface area contributed by atoms with Crippen molar-refractivity contribution in [1.29, 1.82) is 0 Å². The summed E-state index contributed by atoms with van der Waals surface area (Å²) in [7, 11) is 0. The van der Waals surface area contributed by atoms with E-state index in [1.54, 1.807) is 18.2 Å². The number of hydrogen-bond donors (Lipinski definition) is 0. The van der Waals surface area contributed by atoms with Crippen molar-refractivity contribution < 1.29 is 9.53 Å². The van der Waals surface area contributed by atoms with Crippen LogP contribution in [-0.2, 0) is 17.8 Å². The van der Waals surface area contributed by atoms with Gasteiger partial charge >= 0.3 is 5.97 Å². The van der Waals surface area contributed by atoms with E-state index in [0.29, 0.717) is 16.2 Å². The molecule has 2 heterocycles. The molecule has 3 rings (SSSR count). The number of carbonyl (C=O) groups is 1. The van der Waals surface area contributed by atoms with E-state index in [9.17, 15) is 9.59 Å². The summed E-state index contributed by atoms with van der Waals surface area (Å²) in [5.41, 5.74) is 1.64. The number of benzene rings is 1. The van der Waals surface area contributed by atoms with Crippen molar-refractivity contribution in [2.75, 3.05) is 0 Å². The molecule has 6 nitrogen and oxygen atoms in total. The summed E-state index contributed by atoms with van der Waals surface area (Å²) in [5, 5.41) is 5.19. The number of nitrogens with zero attached hydrogens (tertiary/aromatic N) is 3. The van der Waals surface area contributed by atoms with Crippen molar-refractivity contribution >= 4 is 22.3 Å². The minimum atomic E-state index is -0.432. The molecule has 1 aromatic carbocycles. The van der Waals surface area contributed by atoms with E-state index in [1.807, 2.05) is 13.0 Å². The van der Waals surface area contributed by atoms with E-state index in [0.717, 1.165) is 29.8 Å². The lowest BCUT2D eigenvalue weighted by molar-refractivity contribution is 0.0467. The third-order valence-corrected chi connectivity index (χ3v) is 4.66. The topological polar surface area (TPSA) is 73.6 Å². The zero-order chi connectivity index (χ0) is 17.8. The molecule has 0 spiro atoms. The molecular weight excluding hydrogens is 338 g/mol. The molecule has 2 aromatic heterocycles. The number of unbranched alkanes of at least 4 members (excludes halogenated alkanes) is 1. The van der Waals surface area contributed by atoms with Crippen molar-refractivity contribution in [1.82, 2.24) is 14.6 Å². The van der Waals surface area contributed by atoms with Gasteiger partial charge in [-0.15, -0.1) is 0 Å². The normalized spacial score (nSPS) is 11.0. The lowest BCUT2D eigenvalue weighted by Crippen LogP contribution is -2.16. The fraction of sp³-hybridized carbons (Fsp3) is 0.333. The van der Waals surface area contributed by atoms with Crippen molar-refractivity contribution in [3.63, 3.8) is 0 Å². The maximum absolute atomic E-state index is 12.2. The van der Waals surface area contributed by atoms with Crippen LogP contribution in [0, 0.1) is 6.92 Å². The highest BCUT2D eigenvalue weighted by Gasteiger charge is 2.12. The third kappa shape index (κ3) is 4.11. The molecule has 7 heteroatoms. The van der Waals surface area contributed by atoms with Crippen LogP contribution in [0.15, 0.2) is 35.1 Å². The van der Waals surface area contributed by atoms with Gasteiger partial charge in [0.1, 0.15) is 11.6 Å². The van der Waals surface area contributed by atoms with E-state index < -0.39 is 5.97 Å². The molecule has 3 aromatic rings. The number of fused-ring (bicyclic) bond motifs is 1. The van der Waals surface area contributed by atoms with Gasteiger partial charge in [-0.1, -0.05) is 42.4 Å². The Morgan fingerprint density at radius 2 is 2.16 bits per heavy atom. The van der Waals surface area contributed by atoms with Crippen LogP contribution in [0.1, 0.15) is 46.4 Å². The van der Waals surface area contributed by atoms with Crippen molar-refractivity contribution in [3.05, 3.63) is 62.5 Å². The predicted octanol–water partition coefficient (Wildman–Crippen LogP) is 3.16. The molecule has 0 bridgehead atoms. The van der Waals surface area contributed by atoms with Crippen molar-refractivity contribution in [2.24, 2.45) is 0 Å². The Kier molecular flexibility index (Phi) is 5.23. The monoisotopic (exact) mass is 357 g/mol. The van der Waals surface area contributed by atoms with Crippen molar-refractivity contribution in [3.8, 4) is 0 Å². The molecule has 0 saturated heterocycles. The van der Waals surface area contributed by atoms with Gasteiger partial charge in [-0.25, -0.2) is 9.78 Å². The summed E-state index contributed by atoms with van der Waals surface area (Å²) in [4.78, 5) is 29.2. The smallest absolute Gasteiger partial charge is 0.338 e. The van der Waals surface area contributed by atoms with Crippen LogP contribution in [0.25, 0.3) is 4.96 Å². The van der Waals surface area contributed by atoms with E-state index in [4.69, 9.17) is 4.74 Å². The average molecular weight is 357 g/mol. The van der Waals surface area contributed by atoms with Crippen molar-refractivity contribution in [2.45, 2.75) is 39.7 Å². The molecule has 0 aliphatic carbocycles. The van der Waals surface area contributed by atoms with E-state index in [-0.39, 0.29) is 12.2 Å². The molecule has 0 aliphatic heterocycles. The summed E-state index contributed by atoms with van der Waals surface area (Å²) in [6, 6.07) is 8.53. The second kappa shape index (κ2) is 7.57. The SMILES string of the molecule is CCCCc1nn2c(=O)cc(COC(=O)c3cccc(C)c3)nc2s1. The van der Waals surface area contributed by atoms with E-state index in [2.05, 4.69) is 17.0 Å². The second-order valence-corrected chi connectivity index (χ2v) is 6.87. The number of aryl methyl sites for hydroxylation is 2. The third-order valence-electron chi connectivity index (χ3n) is 3.69. The maximum Gasteiger partial charge on any atom is 0.338 e. The number of hydrogen-bond acceptors (Lipinski definition) is 6. The summed E-state index contributed by atoms with van der Waals surface area (Å²) in [5.74, 6) is -0.432. The molecule has 0 radical (unpaired) electrons. The number of carbonyl (C=O) groups excluding carboxylic acids is 1. The zero-order valence-electron chi connectivity index (χ0n) is 14.2. The minimum Gasteiger partial charge on any atom is -0.456 e. The molecule has 0 atom stereocenters. The van der Waals surface area contributed by atoms with Gasteiger partial charge in [-0.3, -0.25) is 4.79 Å². The Morgan fingerprint density at radius 3 is 2.92 bits per heavy atom. The van der Waals surface area contributed by atoms with Gasteiger partial charge in [0.05, 0.1) is 11.3 Å². The van der Waals surface area contributed by atoms with Crippen LogP contribution in [0.5, 0.6) is 0 Å². The molecule has 0 amide bonds. The molecule has 0 fully saturated rings. The molecule has 0 unspecified atom stereocenters. The molecule has 25 heavy (non-hydrogen) atoms. The van der Waals surface area contributed by atoms with Crippen LogP contribution in [-0.4, -0.2) is 20.6 Å². The highest BCUT2D eigenvalue weighted by atomic mass is 32.1. The first-order valence-corrected chi connectivity index (χ1v) is 9.01. The number of aromatic nitrogens is 3. The second-order valence-electron chi connectivity index (χ2n) is 5.83. The van der Waals surface area contributed by atoms with Gasteiger partial charge in [0.25, 0.3) is 5.56 Å². The van der Waals surface area contributed by atoms with Crippen LogP contribution < -0.4 is 5.56 Å². The molecule has 130 valence electrons. The minimum absolute atomic E-state index is 0.0410. The molecule has 0 aliphatic rings. The molecule has 0 N–H and O–H groups in total. The van der Waals surface area contributed by atoms with Gasteiger partial charge in [-0.2, -0.15) is 9.61 Å². The van der Waals surface area contributed by atoms with Crippen LogP contribution in [0.4, 0.5) is 0 Å². The van der Waals surface area contributed by atoms with Gasteiger partial charge in [0.15, 0.2) is 0 Å². The molecule has 0 saturated carbocycles. The Labute approximate surface area is 149 Å². The Morgan fingerprint density at radius 1 is 1.32 bits per heavy atom. The molecular formula is C18H19N3O3S. The van der Waals surface area contributed by atoms with Crippen LogP contribution in [0.3, 0.4) is 0 Å². The number of ether oxygens (including phenoxy) is 1. The quantitative estimate of drug-likeness (QED) is 0.634. The summed E-state index contributed by atoms with van der Waals surface area (Å²) < 4.78 is 6.59. The van der Waals surface area contributed by atoms with Gasteiger partial charge in [0, 0.05) is 12.5 Å². The van der Waals surface area contributed by atoms with Gasteiger partial charge in [0.2, 0.25) is 4.96 Å². The highest BCUT2D eigenvalue weighted by molar-refractivity contribution is 7.16. The largest absolute Gasteiger partial charge is 0.456 e. The maximum atomic E-state index is 12.2. The van der Waals surface area contributed by atoms with E-state index >= 15 is 0 Å². The summed E-state index contributed by atoms with van der Waals surface area (Å²) in [6.45, 7) is 3.98. The summed E-state index contributed by atoms with van der Waals surface area (Å²) in [6.07, 6.45) is 2.93. The lowest BCUT2D eigenvalue weighted by Gasteiger charge is -2.05. The summed E-state index contributed by atoms with van der Waals surface area (Å²) >= 11 is 1.40. The Hall–Kier alpha value is -2.54. The van der Waals surface area contributed by atoms with E-state index in [1.165, 1.54) is 21.9 Å². The van der Waals surface area contributed by atoms with Gasteiger partial charge in [-0.05, 0) is 25.5 Å². The standard InChI is InChI=1S/C18H19N3O3S/c1-3-4-8-15-20-21-16(22)10-14(19-18(21)25-15)11-24-17(23)13-7-5-6-12(2)9-13/h5-7,9-10H,3-4,8,11H2,1-2H3. The van der Waals surface area contributed by atoms with Crippen LogP contribution in [0.2, 0.25) is 0 Å². The first-order chi connectivity index (χ1) is 12.1. The zero-order valence-corrected chi connectivity index (χ0v) is 15.0. The number of esters is 1. The first-order valence-electron chi connectivity index (χ1n) is 8.19.